The Morgan fingerprint density at radius 2 is 1.46 bits per heavy atom. The third kappa shape index (κ3) is 4.45. The molecule has 0 atom stereocenters. The predicted molar refractivity (Wildman–Crippen MR) is 94.3 cm³/mol. The second-order valence-corrected chi connectivity index (χ2v) is 7.11. The summed E-state index contributed by atoms with van der Waals surface area (Å²) in [6.07, 6.45) is -2.59. The van der Waals surface area contributed by atoms with Crippen LogP contribution in [0.4, 0.5) is 13.2 Å². The summed E-state index contributed by atoms with van der Waals surface area (Å²) in [5, 5.41) is 0. The molecule has 0 saturated carbocycles. The van der Waals surface area contributed by atoms with Gasteiger partial charge in [0.2, 0.25) is 12.3 Å². The summed E-state index contributed by atoms with van der Waals surface area (Å²) in [6, 6.07) is 4.19. The van der Waals surface area contributed by atoms with Crippen LogP contribution < -0.4 is 0 Å². The molecule has 152 valence electrons. The summed E-state index contributed by atoms with van der Waals surface area (Å²) in [5.41, 5.74) is -0.578. The first-order valence-electron chi connectivity index (χ1n) is 9.24. The van der Waals surface area contributed by atoms with E-state index in [1.165, 1.54) is 12.1 Å². The number of halogens is 3. The van der Waals surface area contributed by atoms with Gasteiger partial charge < -0.3 is 14.7 Å². The summed E-state index contributed by atoms with van der Waals surface area (Å²) >= 11 is 0. The Kier molecular flexibility index (Phi) is 5.90. The third-order valence-electron chi connectivity index (χ3n) is 5.37. The van der Waals surface area contributed by atoms with Crippen LogP contribution in [0.25, 0.3) is 0 Å². The predicted octanol–water partition coefficient (Wildman–Crippen LogP) is 1.86. The maximum absolute atomic E-state index is 12.6. The van der Waals surface area contributed by atoms with Gasteiger partial charge in [-0.3, -0.25) is 14.4 Å². The second-order valence-electron chi connectivity index (χ2n) is 7.11. The van der Waals surface area contributed by atoms with Crippen molar-refractivity contribution in [3.8, 4) is 0 Å². The highest BCUT2D eigenvalue weighted by molar-refractivity contribution is 5.94. The molecule has 0 unspecified atom stereocenters. The van der Waals surface area contributed by atoms with Crippen molar-refractivity contribution in [3.05, 3.63) is 35.4 Å². The summed E-state index contributed by atoms with van der Waals surface area (Å²) in [5.74, 6) is -0.439. The summed E-state index contributed by atoms with van der Waals surface area (Å²) < 4.78 is 37.9. The molecule has 1 aromatic carbocycles. The maximum atomic E-state index is 12.6. The molecule has 0 aromatic heterocycles. The van der Waals surface area contributed by atoms with Crippen molar-refractivity contribution in [1.29, 1.82) is 0 Å². The SMILES string of the molecule is O=CN1CCN(C(=O)C2CCN(C(=O)c3ccc(C(F)(F)F)cc3)CC2)CC1. The highest BCUT2D eigenvalue weighted by atomic mass is 19.4. The van der Waals surface area contributed by atoms with Gasteiger partial charge in [0.25, 0.3) is 5.91 Å². The molecule has 28 heavy (non-hydrogen) atoms. The molecule has 1 aromatic rings. The van der Waals surface area contributed by atoms with Crippen LogP contribution in [-0.4, -0.2) is 72.2 Å². The van der Waals surface area contributed by atoms with Crippen LogP contribution in [0.2, 0.25) is 0 Å². The molecule has 9 heteroatoms. The van der Waals surface area contributed by atoms with E-state index in [1.807, 2.05) is 0 Å². The van der Waals surface area contributed by atoms with E-state index in [4.69, 9.17) is 0 Å². The number of hydrogen-bond donors (Lipinski definition) is 0. The van der Waals surface area contributed by atoms with Crippen LogP contribution in [-0.2, 0) is 15.8 Å². The van der Waals surface area contributed by atoms with E-state index in [0.29, 0.717) is 52.1 Å². The summed E-state index contributed by atoms with van der Waals surface area (Å²) in [6.45, 7) is 2.88. The Labute approximate surface area is 160 Å². The van der Waals surface area contributed by atoms with E-state index in [0.717, 1.165) is 18.5 Å². The van der Waals surface area contributed by atoms with E-state index in [2.05, 4.69) is 0 Å². The number of benzene rings is 1. The molecule has 0 N–H and O–H groups in total. The molecule has 0 radical (unpaired) electrons. The Morgan fingerprint density at radius 3 is 1.96 bits per heavy atom. The Hall–Kier alpha value is -2.58. The van der Waals surface area contributed by atoms with Gasteiger partial charge in [0.1, 0.15) is 0 Å². The molecule has 6 nitrogen and oxygen atoms in total. The average molecular weight is 397 g/mol. The van der Waals surface area contributed by atoms with Crippen molar-refractivity contribution in [1.82, 2.24) is 14.7 Å². The van der Waals surface area contributed by atoms with E-state index in [1.54, 1.807) is 14.7 Å². The number of piperidine rings is 1. The maximum Gasteiger partial charge on any atom is 0.416 e. The Balaban J connectivity index is 1.52. The summed E-state index contributed by atoms with van der Waals surface area (Å²) in [4.78, 5) is 40.9. The van der Waals surface area contributed by atoms with Crippen molar-refractivity contribution < 1.29 is 27.6 Å². The topological polar surface area (TPSA) is 60.9 Å². The monoisotopic (exact) mass is 397 g/mol. The highest BCUT2D eigenvalue weighted by Gasteiger charge is 2.33. The Morgan fingerprint density at radius 1 is 0.893 bits per heavy atom. The first kappa shape index (κ1) is 20.2. The standard InChI is InChI=1S/C19H22F3N3O3/c20-19(21,22)16-3-1-14(2-4-16)17(27)24-7-5-15(6-8-24)18(28)25-11-9-23(13-26)10-12-25/h1-4,13,15H,5-12H2. The Bertz CT molecular complexity index is 720. The zero-order valence-electron chi connectivity index (χ0n) is 15.3. The third-order valence-corrected chi connectivity index (χ3v) is 5.37. The van der Waals surface area contributed by atoms with Crippen molar-refractivity contribution in [2.24, 2.45) is 5.92 Å². The van der Waals surface area contributed by atoms with Crippen LogP contribution >= 0.6 is 0 Å². The lowest BCUT2D eigenvalue weighted by molar-refractivity contribution is -0.140. The van der Waals surface area contributed by atoms with E-state index in [9.17, 15) is 27.6 Å². The number of amides is 3. The van der Waals surface area contributed by atoms with Crippen molar-refractivity contribution in [2.45, 2.75) is 19.0 Å². The molecule has 2 heterocycles. The molecule has 3 rings (SSSR count). The van der Waals surface area contributed by atoms with Crippen LogP contribution in [0.15, 0.2) is 24.3 Å². The minimum Gasteiger partial charge on any atom is -0.342 e. The smallest absolute Gasteiger partial charge is 0.342 e. The first-order chi connectivity index (χ1) is 13.3. The normalized spacial score (nSPS) is 18.9. The second kappa shape index (κ2) is 8.20. The van der Waals surface area contributed by atoms with Crippen LogP contribution in [0.5, 0.6) is 0 Å². The van der Waals surface area contributed by atoms with Gasteiger partial charge in [-0.15, -0.1) is 0 Å². The zero-order chi connectivity index (χ0) is 20.3. The van der Waals surface area contributed by atoms with Crippen molar-refractivity contribution >= 4 is 18.2 Å². The van der Waals surface area contributed by atoms with Gasteiger partial charge in [0, 0.05) is 50.7 Å². The highest BCUT2D eigenvalue weighted by Crippen LogP contribution is 2.29. The number of alkyl halides is 3. The molecule has 3 amide bonds. The molecular weight excluding hydrogens is 375 g/mol. The average Bonchev–Trinajstić information content (AvgIpc) is 2.72. The van der Waals surface area contributed by atoms with Gasteiger partial charge in [-0.2, -0.15) is 13.2 Å². The lowest BCUT2D eigenvalue weighted by Gasteiger charge is -2.37. The molecule has 2 aliphatic heterocycles. The molecule has 0 spiro atoms. The number of rotatable bonds is 3. The van der Waals surface area contributed by atoms with Gasteiger partial charge in [-0.1, -0.05) is 0 Å². The first-order valence-corrected chi connectivity index (χ1v) is 9.24. The molecule has 0 bridgehead atoms. The summed E-state index contributed by atoms with van der Waals surface area (Å²) in [7, 11) is 0. The zero-order valence-corrected chi connectivity index (χ0v) is 15.3. The van der Waals surface area contributed by atoms with Crippen LogP contribution in [0.3, 0.4) is 0 Å². The number of piperazine rings is 1. The van der Waals surface area contributed by atoms with Crippen LogP contribution in [0, 0.1) is 5.92 Å². The largest absolute Gasteiger partial charge is 0.416 e. The van der Waals surface area contributed by atoms with Crippen molar-refractivity contribution in [3.63, 3.8) is 0 Å². The fourth-order valence-corrected chi connectivity index (χ4v) is 3.62. The van der Waals surface area contributed by atoms with Gasteiger partial charge in [0.15, 0.2) is 0 Å². The van der Waals surface area contributed by atoms with Gasteiger partial charge in [-0.05, 0) is 37.1 Å². The van der Waals surface area contributed by atoms with Gasteiger partial charge in [-0.25, -0.2) is 0 Å². The lowest BCUT2D eigenvalue weighted by Crippen LogP contribution is -2.51. The molecule has 2 saturated heterocycles. The van der Waals surface area contributed by atoms with Crippen LogP contribution in [0.1, 0.15) is 28.8 Å². The van der Waals surface area contributed by atoms with Gasteiger partial charge >= 0.3 is 6.18 Å². The lowest BCUT2D eigenvalue weighted by atomic mass is 9.94. The quantitative estimate of drug-likeness (QED) is 0.732. The van der Waals surface area contributed by atoms with Crippen molar-refractivity contribution in [2.75, 3.05) is 39.3 Å². The number of carbonyl (C=O) groups excluding carboxylic acids is 3. The number of nitrogens with zero attached hydrogens (tertiary/aromatic N) is 3. The minimum atomic E-state index is -4.43. The number of hydrogen-bond acceptors (Lipinski definition) is 3. The number of likely N-dealkylation sites (tertiary alicyclic amines) is 1. The molecule has 2 aliphatic rings. The molecule has 2 fully saturated rings. The minimum absolute atomic E-state index is 0.0483. The van der Waals surface area contributed by atoms with E-state index >= 15 is 0 Å². The molecule has 0 aliphatic carbocycles. The van der Waals surface area contributed by atoms with Gasteiger partial charge in [0.05, 0.1) is 5.56 Å². The molecular formula is C19H22F3N3O3. The fraction of sp³-hybridized carbons (Fsp3) is 0.526. The number of carbonyl (C=O) groups is 3. The fourth-order valence-electron chi connectivity index (χ4n) is 3.62. The van der Waals surface area contributed by atoms with E-state index < -0.39 is 11.7 Å². The van der Waals surface area contributed by atoms with E-state index in [-0.39, 0.29) is 23.3 Å².